The first-order chi connectivity index (χ1) is 9.52. The maximum absolute atomic E-state index is 10.3. The molecule has 0 saturated heterocycles. The lowest BCUT2D eigenvalue weighted by Gasteiger charge is -2.21. The van der Waals surface area contributed by atoms with E-state index in [1.165, 1.54) is 0 Å². The molecular weight excluding hydrogens is 260 g/mol. The molecule has 3 rings (SSSR count). The van der Waals surface area contributed by atoms with E-state index in [9.17, 15) is 10.2 Å². The van der Waals surface area contributed by atoms with Gasteiger partial charge in [0.1, 0.15) is 13.2 Å². The van der Waals surface area contributed by atoms with Gasteiger partial charge < -0.3 is 24.6 Å². The van der Waals surface area contributed by atoms with Crippen molar-refractivity contribution in [3.8, 4) is 0 Å². The SMILES string of the molecule is Cn1cc2c3c([n+](C)ccc31)[C@H](O)O[C@H]([C@@H](O)CO)[CH]2. The number of aryl methyl sites for hydroxylation is 2. The van der Waals surface area contributed by atoms with Crippen LogP contribution in [0.2, 0.25) is 0 Å². The van der Waals surface area contributed by atoms with Crippen LogP contribution in [0.3, 0.4) is 0 Å². The Bertz CT molecular complexity index is 652. The molecule has 0 saturated carbocycles. The van der Waals surface area contributed by atoms with Gasteiger partial charge in [0.15, 0.2) is 6.20 Å². The third-order valence-electron chi connectivity index (χ3n) is 3.78. The first-order valence-corrected chi connectivity index (χ1v) is 6.48. The number of hydrogen-bond donors (Lipinski definition) is 3. The van der Waals surface area contributed by atoms with Gasteiger partial charge in [-0.05, 0) is 5.56 Å². The Morgan fingerprint density at radius 2 is 2.25 bits per heavy atom. The second-order valence-corrected chi connectivity index (χ2v) is 5.14. The fourth-order valence-electron chi connectivity index (χ4n) is 2.75. The number of nitrogens with zero attached hydrogens (tertiary/aromatic N) is 2. The molecule has 0 aliphatic carbocycles. The number of rotatable bonds is 2. The maximum atomic E-state index is 10.3. The van der Waals surface area contributed by atoms with Crippen molar-refractivity contribution in [1.82, 2.24) is 4.57 Å². The summed E-state index contributed by atoms with van der Waals surface area (Å²) in [5.41, 5.74) is 2.50. The molecular formula is C14H18N2O4+. The predicted octanol–water partition coefficient (Wildman–Crippen LogP) is -0.702. The zero-order valence-electron chi connectivity index (χ0n) is 11.4. The van der Waals surface area contributed by atoms with E-state index < -0.39 is 25.1 Å². The van der Waals surface area contributed by atoms with E-state index in [2.05, 4.69) is 0 Å². The highest BCUT2D eigenvalue weighted by atomic mass is 16.6. The van der Waals surface area contributed by atoms with Crippen LogP contribution in [-0.2, 0) is 18.8 Å². The summed E-state index contributed by atoms with van der Waals surface area (Å²) in [4.78, 5) is 0. The van der Waals surface area contributed by atoms with Gasteiger partial charge in [0.05, 0.1) is 23.6 Å². The number of pyridine rings is 1. The maximum Gasteiger partial charge on any atom is 0.247 e. The van der Waals surface area contributed by atoms with E-state index in [0.717, 1.165) is 16.5 Å². The van der Waals surface area contributed by atoms with Gasteiger partial charge in [-0.25, -0.2) is 4.57 Å². The number of aliphatic hydroxyl groups excluding tert-OH is 3. The molecule has 6 heteroatoms. The van der Waals surface area contributed by atoms with Crippen molar-refractivity contribution in [3.05, 3.63) is 36.1 Å². The summed E-state index contributed by atoms with van der Waals surface area (Å²) in [7, 11) is 3.76. The molecule has 0 unspecified atom stereocenters. The highest BCUT2D eigenvalue weighted by molar-refractivity contribution is 5.87. The third kappa shape index (κ3) is 1.92. The lowest BCUT2D eigenvalue weighted by atomic mass is 10.0. The average Bonchev–Trinajstić information content (AvgIpc) is 2.64. The Kier molecular flexibility index (Phi) is 3.25. The summed E-state index contributed by atoms with van der Waals surface area (Å²) in [6.45, 7) is -0.424. The lowest BCUT2D eigenvalue weighted by molar-refractivity contribution is -0.685. The fourth-order valence-corrected chi connectivity index (χ4v) is 2.75. The summed E-state index contributed by atoms with van der Waals surface area (Å²) in [6, 6.07) is 1.96. The Balaban J connectivity index is 2.20. The van der Waals surface area contributed by atoms with Crippen LogP contribution in [0.25, 0.3) is 10.9 Å². The minimum Gasteiger partial charge on any atom is -0.394 e. The molecule has 0 spiro atoms. The summed E-state index contributed by atoms with van der Waals surface area (Å²) < 4.78 is 9.24. The van der Waals surface area contributed by atoms with E-state index >= 15 is 0 Å². The van der Waals surface area contributed by atoms with Crippen LogP contribution in [0.5, 0.6) is 0 Å². The molecule has 0 amide bonds. The Labute approximate surface area is 116 Å². The van der Waals surface area contributed by atoms with E-state index in [4.69, 9.17) is 9.84 Å². The summed E-state index contributed by atoms with van der Waals surface area (Å²) in [5, 5.41) is 30.1. The Hall–Kier alpha value is -1.47. The molecule has 2 aromatic heterocycles. The molecule has 2 aromatic rings. The number of ether oxygens (including phenoxy) is 1. The van der Waals surface area contributed by atoms with E-state index in [-0.39, 0.29) is 0 Å². The van der Waals surface area contributed by atoms with Crippen LogP contribution in [0.15, 0.2) is 18.5 Å². The smallest absolute Gasteiger partial charge is 0.247 e. The van der Waals surface area contributed by atoms with Gasteiger partial charge in [0, 0.05) is 25.7 Å². The van der Waals surface area contributed by atoms with Crippen LogP contribution < -0.4 is 4.57 Å². The minimum atomic E-state index is -1.16. The van der Waals surface area contributed by atoms with Crippen molar-refractivity contribution in [2.24, 2.45) is 14.1 Å². The third-order valence-corrected chi connectivity index (χ3v) is 3.78. The largest absolute Gasteiger partial charge is 0.394 e. The number of aromatic nitrogens is 2. The number of aliphatic hydroxyl groups is 3. The predicted molar refractivity (Wildman–Crippen MR) is 70.4 cm³/mol. The topological polar surface area (TPSA) is 78.7 Å². The molecule has 107 valence electrons. The molecule has 20 heavy (non-hydrogen) atoms. The molecule has 3 N–H and O–H groups in total. The molecule has 1 aliphatic rings. The van der Waals surface area contributed by atoms with Crippen molar-refractivity contribution < 1.29 is 24.6 Å². The fraction of sp³-hybridized carbons (Fsp3) is 0.429. The molecule has 3 heterocycles. The Morgan fingerprint density at radius 1 is 1.50 bits per heavy atom. The van der Waals surface area contributed by atoms with Crippen molar-refractivity contribution in [1.29, 1.82) is 0 Å². The second kappa shape index (κ2) is 4.82. The quantitative estimate of drug-likeness (QED) is 0.635. The van der Waals surface area contributed by atoms with Crippen LogP contribution in [0, 0.1) is 6.42 Å². The van der Waals surface area contributed by atoms with Crippen LogP contribution >= 0.6 is 0 Å². The molecule has 0 bridgehead atoms. The Morgan fingerprint density at radius 3 is 2.95 bits per heavy atom. The molecule has 0 aromatic carbocycles. The standard InChI is InChI=1S/C14H18N2O4/c1-15-4-3-9-12-8(6-16(9)2)5-11(10(18)7-17)20-14(19)13(12)15/h3-6,10-11,14,17-19H,7H2,1-2H3/q+1/t10-,11-,14+/m0/s1. The van der Waals surface area contributed by atoms with E-state index in [0.29, 0.717) is 5.69 Å². The summed E-state index contributed by atoms with van der Waals surface area (Å²) in [6.07, 6.45) is 2.54. The van der Waals surface area contributed by atoms with Crippen LogP contribution in [-0.4, -0.2) is 38.7 Å². The van der Waals surface area contributed by atoms with Crippen LogP contribution in [0.1, 0.15) is 17.5 Å². The minimum absolute atomic E-state index is 0.424. The second-order valence-electron chi connectivity index (χ2n) is 5.14. The molecule has 3 atom stereocenters. The summed E-state index contributed by atoms with van der Waals surface area (Å²) in [5.74, 6) is 0. The van der Waals surface area contributed by atoms with Gasteiger partial charge in [-0.15, -0.1) is 0 Å². The van der Waals surface area contributed by atoms with Crippen molar-refractivity contribution >= 4 is 10.9 Å². The normalized spacial score (nSPS) is 23.9. The molecule has 1 radical (unpaired) electrons. The average molecular weight is 278 g/mol. The first kappa shape index (κ1) is 13.5. The van der Waals surface area contributed by atoms with Crippen molar-refractivity contribution in [2.75, 3.05) is 6.61 Å². The van der Waals surface area contributed by atoms with Crippen molar-refractivity contribution in [2.45, 2.75) is 18.5 Å². The van der Waals surface area contributed by atoms with Gasteiger partial charge in [-0.1, -0.05) is 0 Å². The van der Waals surface area contributed by atoms with Gasteiger partial charge in [-0.3, -0.25) is 0 Å². The zero-order chi connectivity index (χ0) is 14.4. The van der Waals surface area contributed by atoms with E-state index in [1.54, 1.807) is 11.0 Å². The van der Waals surface area contributed by atoms with Crippen LogP contribution in [0.4, 0.5) is 0 Å². The molecule has 6 nitrogen and oxygen atoms in total. The number of hydrogen-bond acceptors (Lipinski definition) is 4. The van der Waals surface area contributed by atoms with Crippen molar-refractivity contribution in [3.63, 3.8) is 0 Å². The van der Waals surface area contributed by atoms with Gasteiger partial charge >= 0.3 is 0 Å². The first-order valence-electron chi connectivity index (χ1n) is 6.48. The molecule has 1 aliphatic heterocycles. The van der Waals surface area contributed by atoms with Gasteiger partial charge in [0.25, 0.3) is 0 Å². The highest BCUT2D eigenvalue weighted by Crippen LogP contribution is 2.33. The van der Waals surface area contributed by atoms with Gasteiger partial charge in [0.2, 0.25) is 12.0 Å². The zero-order valence-corrected chi connectivity index (χ0v) is 11.4. The lowest BCUT2D eigenvalue weighted by Crippen LogP contribution is -2.38. The monoisotopic (exact) mass is 278 g/mol. The summed E-state index contributed by atoms with van der Waals surface area (Å²) >= 11 is 0. The van der Waals surface area contributed by atoms with E-state index in [1.807, 2.05) is 37.1 Å². The molecule has 0 fully saturated rings. The van der Waals surface area contributed by atoms with Gasteiger partial charge in [-0.2, -0.15) is 0 Å². The highest BCUT2D eigenvalue weighted by Gasteiger charge is 2.35.